The predicted octanol–water partition coefficient (Wildman–Crippen LogP) is 4.20. The third-order valence-electron chi connectivity index (χ3n) is 6.08. The lowest BCUT2D eigenvalue weighted by atomic mass is 9.98. The molecule has 0 aliphatic rings. The number of aromatic amines is 1. The van der Waals surface area contributed by atoms with Crippen LogP contribution in [0.2, 0.25) is 0 Å². The Morgan fingerprint density at radius 3 is 2.26 bits per heavy atom. The molecular weight excluding hydrogens is 444 g/mol. The standard InChI is InChI=1S/C26H32N6O3/c1-5-9-22-23(25(34-3)35-4)31(16-6-2)26(33)32(22)17-18-12-14-19(15-13-18)20-10-7-8-11-21(20)24-27-29-30-28-24/h7-8,10-15,25H,5-6,9,16-17H2,1-4H3,(H,27,28,29,30). The van der Waals surface area contributed by atoms with E-state index in [0.717, 1.165) is 52.9 Å². The first-order valence-electron chi connectivity index (χ1n) is 11.9. The van der Waals surface area contributed by atoms with Crippen LogP contribution in [0.4, 0.5) is 0 Å². The number of imidazole rings is 1. The van der Waals surface area contributed by atoms with E-state index in [1.54, 1.807) is 18.8 Å². The molecule has 0 radical (unpaired) electrons. The van der Waals surface area contributed by atoms with Gasteiger partial charge in [-0.2, -0.15) is 5.21 Å². The van der Waals surface area contributed by atoms with Crippen LogP contribution in [0.3, 0.4) is 0 Å². The van der Waals surface area contributed by atoms with E-state index >= 15 is 0 Å². The third kappa shape index (κ3) is 4.96. The highest BCUT2D eigenvalue weighted by Crippen LogP contribution is 2.30. The summed E-state index contributed by atoms with van der Waals surface area (Å²) in [6, 6.07) is 16.2. The second kappa shape index (κ2) is 11.2. The molecule has 9 nitrogen and oxygen atoms in total. The van der Waals surface area contributed by atoms with Crippen LogP contribution in [0, 0.1) is 0 Å². The summed E-state index contributed by atoms with van der Waals surface area (Å²) >= 11 is 0. The first-order valence-corrected chi connectivity index (χ1v) is 11.9. The topological polar surface area (TPSA) is 99.9 Å². The summed E-state index contributed by atoms with van der Waals surface area (Å²) in [5, 5.41) is 14.5. The Labute approximate surface area is 204 Å². The molecule has 35 heavy (non-hydrogen) atoms. The van der Waals surface area contributed by atoms with Crippen molar-refractivity contribution < 1.29 is 9.47 Å². The van der Waals surface area contributed by atoms with Crippen molar-refractivity contribution in [3.8, 4) is 22.5 Å². The molecule has 184 valence electrons. The molecule has 0 unspecified atom stereocenters. The summed E-state index contributed by atoms with van der Waals surface area (Å²) in [7, 11) is 3.21. The van der Waals surface area contributed by atoms with Crippen molar-refractivity contribution in [1.82, 2.24) is 29.8 Å². The van der Waals surface area contributed by atoms with Gasteiger partial charge in [0.25, 0.3) is 0 Å². The lowest BCUT2D eigenvalue weighted by Crippen LogP contribution is -2.26. The molecule has 4 aromatic rings. The summed E-state index contributed by atoms with van der Waals surface area (Å²) < 4.78 is 14.8. The summed E-state index contributed by atoms with van der Waals surface area (Å²) in [5.41, 5.74) is 5.75. The average molecular weight is 477 g/mol. The van der Waals surface area contributed by atoms with E-state index in [-0.39, 0.29) is 5.69 Å². The Kier molecular flexibility index (Phi) is 7.89. The SMILES string of the molecule is CCCc1c(C(OC)OC)n(CCC)c(=O)n1Cc1ccc(-c2ccccc2-c2nn[nH]n2)cc1. The fraction of sp³-hybridized carbons (Fsp3) is 0.385. The Morgan fingerprint density at radius 2 is 1.66 bits per heavy atom. The molecule has 4 rings (SSSR count). The van der Waals surface area contributed by atoms with Crippen molar-refractivity contribution in [1.29, 1.82) is 0 Å². The molecule has 2 aromatic carbocycles. The normalized spacial score (nSPS) is 11.5. The summed E-state index contributed by atoms with van der Waals surface area (Å²) in [6.45, 7) is 5.27. The zero-order valence-corrected chi connectivity index (χ0v) is 20.7. The van der Waals surface area contributed by atoms with Gasteiger partial charge in [-0.15, -0.1) is 10.2 Å². The number of rotatable bonds is 11. The van der Waals surface area contributed by atoms with Crippen LogP contribution >= 0.6 is 0 Å². The number of nitrogens with zero attached hydrogens (tertiary/aromatic N) is 5. The zero-order chi connectivity index (χ0) is 24.8. The van der Waals surface area contributed by atoms with Crippen LogP contribution < -0.4 is 5.69 Å². The number of benzene rings is 2. The number of hydrogen-bond donors (Lipinski definition) is 1. The number of H-pyrrole nitrogens is 1. The van der Waals surface area contributed by atoms with Crippen molar-refractivity contribution in [3.63, 3.8) is 0 Å². The Hall–Kier alpha value is -3.56. The largest absolute Gasteiger partial charge is 0.350 e. The number of tetrazole rings is 1. The molecule has 0 saturated carbocycles. The van der Waals surface area contributed by atoms with Gasteiger partial charge in [-0.05, 0) is 34.7 Å². The van der Waals surface area contributed by atoms with E-state index in [0.29, 0.717) is 18.9 Å². The monoisotopic (exact) mass is 476 g/mol. The molecular formula is C26H32N6O3. The van der Waals surface area contributed by atoms with E-state index < -0.39 is 6.29 Å². The lowest BCUT2D eigenvalue weighted by molar-refractivity contribution is -0.111. The van der Waals surface area contributed by atoms with E-state index in [4.69, 9.17) is 9.47 Å². The molecule has 9 heteroatoms. The van der Waals surface area contributed by atoms with Crippen LogP contribution in [0.5, 0.6) is 0 Å². The first kappa shape index (κ1) is 24.6. The fourth-order valence-corrected chi connectivity index (χ4v) is 4.52. The molecule has 0 bridgehead atoms. The quantitative estimate of drug-likeness (QED) is 0.326. The minimum atomic E-state index is -0.582. The minimum Gasteiger partial charge on any atom is -0.350 e. The highest BCUT2D eigenvalue weighted by molar-refractivity contribution is 5.80. The van der Waals surface area contributed by atoms with Gasteiger partial charge in [0.2, 0.25) is 5.82 Å². The van der Waals surface area contributed by atoms with E-state index in [2.05, 4.69) is 58.7 Å². The van der Waals surface area contributed by atoms with E-state index in [9.17, 15) is 4.79 Å². The van der Waals surface area contributed by atoms with Crippen LogP contribution in [-0.2, 0) is 29.0 Å². The molecule has 0 spiro atoms. The highest BCUT2D eigenvalue weighted by Gasteiger charge is 2.25. The second-order valence-corrected chi connectivity index (χ2v) is 8.38. The van der Waals surface area contributed by atoms with E-state index in [1.807, 2.05) is 28.8 Å². The van der Waals surface area contributed by atoms with Crippen molar-refractivity contribution in [3.05, 3.63) is 76.0 Å². The Balaban J connectivity index is 1.70. The molecule has 0 fully saturated rings. The van der Waals surface area contributed by atoms with Crippen molar-refractivity contribution >= 4 is 0 Å². The maximum Gasteiger partial charge on any atom is 0.329 e. The summed E-state index contributed by atoms with van der Waals surface area (Å²) in [4.78, 5) is 13.5. The second-order valence-electron chi connectivity index (χ2n) is 8.38. The summed E-state index contributed by atoms with van der Waals surface area (Å²) in [6.07, 6.45) is 1.94. The van der Waals surface area contributed by atoms with E-state index in [1.165, 1.54) is 0 Å². The van der Waals surface area contributed by atoms with Gasteiger partial charge in [0, 0.05) is 32.0 Å². The van der Waals surface area contributed by atoms with Gasteiger partial charge in [0.15, 0.2) is 6.29 Å². The molecule has 1 N–H and O–H groups in total. The molecule has 2 heterocycles. The maximum absolute atomic E-state index is 13.5. The molecule has 2 aromatic heterocycles. The van der Waals surface area contributed by atoms with Crippen LogP contribution in [0.15, 0.2) is 53.3 Å². The average Bonchev–Trinajstić information content (AvgIpc) is 3.51. The van der Waals surface area contributed by atoms with Gasteiger partial charge in [-0.3, -0.25) is 9.13 Å². The van der Waals surface area contributed by atoms with Crippen LogP contribution in [0.1, 0.15) is 49.9 Å². The van der Waals surface area contributed by atoms with Gasteiger partial charge in [-0.25, -0.2) is 4.79 Å². The lowest BCUT2D eigenvalue weighted by Gasteiger charge is -2.17. The van der Waals surface area contributed by atoms with Crippen molar-refractivity contribution in [2.45, 2.75) is 52.5 Å². The molecule has 0 atom stereocenters. The minimum absolute atomic E-state index is 0.0315. The zero-order valence-electron chi connectivity index (χ0n) is 20.7. The molecule has 0 amide bonds. The van der Waals surface area contributed by atoms with Gasteiger partial charge in [-0.1, -0.05) is 68.8 Å². The number of ether oxygens (including phenoxy) is 2. The van der Waals surface area contributed by atoms with Gasteiger partial charge in [0.1, 0.15) is 0 Å². The van der Waals surface area contributed by atoms with Crippen LogP contribution in [-0.4, -0.2) is 44.0 Å². The molecule has 0 aliphatic carbocycles. The maximum atomic E-state index is 13.5. The highest BCUT2D eigenvalue weighted by atomic mass is 16.7. The number of nitrogens with one attached hydrogen (secondary N) is 1. The first-order chi connectivity index (χ1) is 17.1. The number of aromatic nitrogens is 6. The Morgan fingerprint density at radius 1 is 0.943 bits per heavy atom. The molecule has 0 saturated heterocycles. The third-order valence-corrected chi connectivity index (χ3v) is 6.08. The fourth-order valence-electron chi connectivity index (χ4n) is 4.52. The number of methoxy groups -OCH3 is 2. The van der Waals surface area contributed by atoms with Crippen LogP contribution in [0.25, 0.3) is 22.5 Å². The van der Waals surface area contributed by atoms with Crippen molar-refractivity contribution in [2.24, 2.45) is 0 Å². The smallest absolute Gasteiger partial charge is 0.329 e. The number of hydrogen-bond acceptors (Lipinski definition) is 6. The van der Waals surface area contributed by atoms with Gasteiger partial charge < -0.3 is 9.47 Å². The van der Waals surface area contributed by atoms with Gasteiger partial charge >= 0.3 is 5.69 Å². The van der Waals surface area contributed by atoms with Crippen molar-refractivity contribution in [2.75, 3.05) is 14.2 Å². The summed E-state index contributed by atoms with van der Waals surface area (Å²) in [5.74, 6) is 0.552. The molecule has 0 aliphatic heterocycles. The Bertz CT molecular complexity index is 1290. The van der Waals surface area contributed by atoms with Gasteiger partial charge in [0.05, 0.1) is 12.2 Å². The predicted molar refractivity (Wildman–Crippen MR) is 134 cm³/mol.